The molecule has 0 saturated heterocycles. The van der Waals surface area contributed by atoms with E-state index in [1.54, 1.807) is 33.4 Å². The molecule has 0 heterocycles. The maximum absolute atomic E-state index is 2.60. The van der Waals surface area contributed by atoms with E-state index >= 15 is 0 Å². The monoisotopic (exact) mass is 358 g/mol. The third-order valence-corrected chi connectivity index (χ3v) is 7.74. The maximum atomic E-state index is 2.60. The predicted molar refractivity (Wildman–Crippen MR) is 116 cm³/mol. The number of fused-ring (bicyclic) bond motifs is 3. The van der Waals surface area contributed by atoms with Gasteiger partial charge in [0.2, 0.25) is 0 Å². The number of benzene rings is 2. The molecule has 0 amide bonds. The van der Waals surface area contributed by atoms with E-state index in [9.17, 15) is 0 Å². The first kappa shape index (κ1) is 17.5. The van der Waals surface area contributed by atoms with Crippen molar-refractivity contribution in [2.75, 3.05) is 0 Å². The van der Waals surface area contributed by atoms with E-state index in [1.807, 2.05) is 0 Å². The number of hydrogen-bond acceptors (Lipinski definition) is 0. The summed E-state index contributed by atoms with van der Waals surface area (Å²) in [5, 5.41) is 0. The van der Waals surface area contributed by atoms with Crippen LogP contribution in [0.1, 0.15) is 109 Å². The Hall–Kier alpha value is -1.56. The highest BCUT2D eigenvalue weighted by molar-refractivity contribution is 5.79. The van der Waals surface area contributed by atoms with E-state index in [-0.39, 0.29) is 0 Å². The van der Waals surface area contributed by atoms with Crippen molar-refractivity contribution >= 4 is 0 Å². The Morgan fingerprint density at radius 1 is 0.556 bits per heavy atom. The van der Waals surface area contributed by atoms with Crippen LogP contribution in [0.25, 0.3) is 11.1 Å². The standard InChI is InChI=1S/C27H34/c1-18-13-22-15-23-14-19(2)25(21-11-7-4-8-12-21)17-27(23)26(22)16-24(18)20-9-5-3-6-10-20/h13-14,16-17,20-21H,3-12,15H2,1-2H3. The average molecular weight is 359 g/mol. The molecular formula is C27H34. The second-order valence-corrected chi connectivity index (χ2v) is 9.58. The summed E-state index contributed by atoms with van der Waals surface area (Å²) in [6.07, 6.45) is 15.3. The summed E-state index contributed by atoms with van der Waals surface area (Å²) in [7, 11) is 0. The summed E-state index contributed by atoms with van der Waals surface area (Å²) in [4.78, 5) is 0. The second-order valence-electron chi connectivity index (χ2n) is 9.58. The lowest BCUT2D eigenvalue weighted by Gasteiger charge is -2.25. The highest BCUT2D eigenvalue weighted by atomic mass is 14.3. The Labute approximate surface area is 165 Å². The summed E-state index contributed by atoms with van der Waals surface area (Å²) >= 11 is 0. The van der Waals surface area contributed by atoms with E-state index in [0.717, 1.165) is 18.3 Å². The SMILES string of the molecule is Cc1cc2c(cc1C1CCCCC1)-c1cc(C3CCCCC3)c(C)cc1C2. The molecule has 3 aliphatic carbocycles. The van der Waals surface area contributed by atoms with Gasteiger partial charge in [0, 0.05) is 0 Å². The molecule has 5 rings (SSSR count). The van der Waals surface area contributed by atoms with E-state index in [1.165, 1.54) is 75.3 Å². The van der Waals surface area contributed by atoms with Crippen LogP contribution < -0.4 is 0 Å². The molecule has 0 nitrogen and oxygen atoms in total. The van der Waals surface area contributed by atoms with Gasteiger partial charge in [0.05, 0.1) is 0 Å². The van der Waals surface area contributed by atoms with Gasteiger partial charge in [0.1, 0.15) is 0 Å². The van der Waals surface area contributed by atoms with Crippen LogP contribution in [-0.2, 0) is 6.42 Å². The van der Waals surface area contributed by atoms with Crippen LogP contribution in [0, 0.1) is 13.8 Å². The van der Waals surface area contributed by atoms with Gasteiger partial charge in [0.15, 0.2) is 0 Å². The molecule has 0 heteroatoms. The van der Waals surface area contributed by atoms with Crippen LogP contribution in [0.3, 0.4) is 0 Å². The van der Waals surface area contributed by atoms with E-state index in [2.05, 4.69) is 38.1 Å². The molecule has 2 aromatic rings. The minimum Gasteiger partial charge on any atom is -0.0549 e. The lowest BCUT2D eigenvalue weighted by molar-refractivity contribution is 0.442. The lowest BCUT2D eigenvalue weighted by atomic mass is 9.80. The fraction of sp³-hybridized carbons (Fsp3) is 0.556. The molecule has 27 heavy (non-hydrogen) atoms. The van der Waals surface area contributed by atoms with Crippen LogP contribution in [-0.4, -0.2) is 0 Å². The van der Waals surface area contributed by atoms with E-state index in [0.29, 0.717) is 0 Å². The molecule has 0 atom stereocenters. The highest BCUT2D eigenvalue weighted by Crippen LogP contribution is 2.45. The quantitative estimate of drug-likeness (QED) is 0.435. The van der Waals surface area contributed by atoms with Gasteiger partial charge in [0.25, 0.3) is 0 Å². The number of hydrogen-bond donors (Lipinski definition) is 0. The normalized spacial score (nSPS) is 20.5. The molecule has 2 saturated carbocycles. The van der Waals surface area contributed by atoms with Crippen LogP contribution in [0.5, 0.6) is 0 Å². The Bertz CT molecular complexity index is 773. The first-order valence-electron chi connectivity index (χ1n) is 11.5. The van der Waals surface area contributed by atoms with Gasteiger partial charge < -0.3 is 0 Å². The Morgan fingerprint density at radius 2 is 0.963 bits per heavy atom. The summed E-state index contributed by atoms with van der Waals surface area (Å²) in [5.74, 6) is 1.60. The number of rotatable bonds is 2. The van der Waals surface area contributed by atoms with Crippen LogP contribution in [0.4, 0.5) is 0 Å². The summed E-state index contributed by atoms with van der Waals surface area (Å²) in [6.45, 7) is 4.71. The molecule has 0 N–H and O–H groups in total. The number of aryl methyl sites for hydroxylation is 2. The van der Waals surface area contributed by atoms with Crippen LogP contribution >= 0.6 is 0 Å². The molecule has 0 spiro atoms. The van der Waals surface area contributed by atoms with Gasteiger partial charge in [-0.25, -0.2) is 0 Å². The topological polar surface area (TPSA) is 0 Å². The fourth-order valence-corrected chi connectivity index (χ4v) is 6.27. The largest absolute Gasteiger partial charge is 0.0549 e. The maximum Gasteiger partial charge on any atom is -0.00132 e. The summed E-state index contributed by atoms with van der Waals surface area (Å²) in [5.41, 5.74) is 12.7. The van der Waals surface area contributed by atoms with Crippen LogP contribution in [0.15, 0.2) is 24.3 Å². The minimum atomic E-state index is 0.802. The van der Waals surface area contributed by atoms with Crippen molar-refractivity contribution in [3.05, 3.63) is 57.6 Å². The van der Waals surface area contributed by atoms with Crippen molar-refractivity contribution in [1.82, 2.24) is 0 Å². The Kier molecular flexibility index (Phi) is 4.62. The van der Waals surface area contributed by atoms with Crippen molar-refractivity contribution < 1.29 is 0 Å². The lowest BCUT2D eigenvalue weighted by Crippen LogP contribution is -2.07. The second kappa shape index (κ2) is 7.12. The first-order valence-corrected chi connectivity index (χ1v) is 11.5. The zero-order valence-corrected chi connectivity index (χ0v) is 17.2. The van der Waals surface area contributed by atoms with Gasteiger partial charge in [-0.2, -0.15) is 0 Å². The van der Waals surface area contributed by atoms with Gasteiger partial charge in [-0.15, -0.1) is 0 Å². The first-order chi connectivity index (χ1) is 13.2. The van der Waals surface area contributed by atoms with Crippen molar-refractivity contribution in [2.24, 2.45) is 0 Å². The van der Waals surface area contributed by atoms with Crippen LogP contribution in [0.2, 0.25) is 0 Å². The third-order valence-electron chi connectivity index (χ3n) is 7.74. The Balaban J connectivity index is 1.56. The van der Waals surface area contributed by atoms with Crippen molar-refractivity contribution in [2.45, 2.75) is 96.3 Å². The average Bonchev–Trinajstić information content (AvgIpc) is 3.03. The molecule has 0 bridgehead atoms. The third kappa shape index (κ3) is 3.16. The minimum absolute atomic E-state index is 0.802. The fourth-order valence-electron chi connectivity index (χ4n) is 6.27. The van der Waals surface area contributed by atoms with Gasteiger partial charge in [-0.05, 0) is 102 Å². The summed E-state index contributed by atoms with van der Waals surface area (Å²) in [6, 6.07) is 10.3. The van der Waals surface area contributed by atoms with Crippen molar-refractivity contribution in [1.29, 1.82) is 0 Å². The highest BCUT2D eigenvalue weighted by Gasteiger charge is 2.26. The predicted octanol–water partition coefficient (Wildman–Crippen LogP) is 7.97. The van der Waals surface area contributed by atoms with Crippen molar-refractivity contribution in [3.63, 3.8) is 0 Å². The van der Waals surface area contributed by atoms with Gasteiger partial charge in [-0.3, -0.25) is 0 Å². The smallest absolute Gasteiger partial charge is 0.00132 e. The molecule has 0 radical (unpaired) electrons. The molecule has 2 fully saturated rings. The molecule has 2 aromatic carbocycles. The molecule has 3 aliphatic rings. The van der Waals surface area contributed by atoms with Gasteiger partial charge in [-0.1, -0.05) is 62.8 Å². The molecule has 142 valence electrons. The zero-order chi connectivity index (χ0) is 18.4. The molecule has 0 aromatic heterocycles. The molecular weight excluding hydrogens is 324 g/mol. The van der Waals surface area contributed by atoms with E-state index < -0.39 is 0 Å². The summed E-state index contributed by atoms with van der Waals surface area (Å²) < 4.78 is 0. The van der Waals surface area contributed by atoms with E-state index in [4.69, 9.17) is 0 Å². The molecule has 0 unspecified atom stereocenters. The van der Waals surface area contributed by atoms with Gasteiger partial charge >= 0.3 is 0 Å². The Morgan fingerprint density at radius 3 is 1.37 bits per heavy atom. The molecule has 0 aliphatic heterocycles. The zero-order valence-electron chi connectivity index (χ0n) is 17.2. The van der Waals surface area contributed by atoms with Crippen molar-refractivity contribution in [3.8, 4) is 11.1 Å².